The summed E-state index contributed by atoms with van der Waals surface area (Å²) >= 11 is 6.84. The van der Waals surface area contributed by atoms with Crippen LogP contribution < -0.4 is 5.32 Å². The molecule has 130 valence electrons. The molecule has 3 amide bonds. The smallest absolute Gasteiger partial charge is 0.315 e. The summed E-state index contributed by atoms with van der Waals surface area (Å²) in [6.45, 7) is 2.46. The highest BCUT2D eigenvalue weighted by Crippen LogP contribution is 2.37. The Hall–Kier alpha value is -1.66. The lowest BCUT2D eigenvalue weighted by molar-refractivity contribution is -0.130. The lowest BCUT2D eigenvalue weighted by Gasteiger charge is -2.28. The minimum absolute atomic E-state index is 0.226. The molecule has 0 atom stereocenters. The molecule has 2 aromatic rings. The summed E-state index contributed by atoms with van der Waals surface area (Å²) < 4.78 is 1.84. The molecule has 0 aromatic heterocycles. The number of amides is 3. The molecule has 1 aliphatic heterocycles. The summed E-state index contributed by atoms with van der Waals surface area (Å²) in [5.41, 5.74) is 0.303. The maximum absolute atomic E-state index is 13.3. The second-order valence-corrected chi connectivity index (χ2v) is 7.84. The molecule has 6 heteroatoms. The minimum atomic E-state index is -1.19. The first kappa shape index (κ1) is 18.1. The Labute approximate surface area is 163 Å². The summed E-state index contributed by atoms with van der Waals surface area (Å²) in [5, 5.41) is 2.95. The molecule has 1 fully saturated rings. The van der Waals surface area contributed by atoms with Crippen LogP contribution in [0.3, 0.4) is 0 Å². The Morgan fingerprint density at radius 3 is 1.84 bits per heavy atom. The van der Waals surface area contributed by atoms with Crippen molar-refractivity contribution < 1.29 is 9.59 Å². The van der Waals surface area contributed by atoms with Gasteiger partial charge >= 0.3 is 6.03 Å². The standard InChI is InChI=1S/C19H18Br2N2O2/c1-2-3-12-23-17(24)19(22-18(23)25,13-4-8-15(20)9-5-13)14-6-10-16(21)11-7-14/h4-11H,2-3,12H2,1H3,(H,22,25). The van der Waals surface area contributed by atoms with Crippen molar-refractivity contribution in [3.05, 3.63) is 68.6 Å². The maximum Gasteiger partial charge on any atom is 0.325 e. The molecule has 0 bridgehead atoms. The zero-order chi connectivity index (χ0) is 18.0. The van der Waals surface area contributed by atoms with Crippen molar-refractivity contribution in [2.24, 2.45) is 0 Å². The van der Waals surface area contributed by atoms with Crippen LogP contribution in [0, 0.1) is 0 Å². The van der Waals surface area contributed by atoms with Gasteiger partial charge in [-0.2, -0.15) is 0 Å². The number of nitrogens with zero attached hydrogens (tertiary/aromatic N) is 1. The number of halogens is 2. The SMILES string of the molecule is CCCCN1C(=O)NC(c2ccc(Br)cc2)(c2ccc(Br)cc2)C1=O. The van der Waals surface area contributed by atoms with Gasteiger partial charge in [-0.25, -0.2) is 4.79 Å². The van der Waals surface area contributed by atoms with Gasteiger partial charge in [0.2, 0.25) is 0 Å². The molecule has 0 spiro atoms. The number of carbonyl (C=O) groups excluding carboxylic acids is 2. The van der Waals surface area contributed by atoms with Gasteiger partial charge in [0.25, 0.3) is 5.91 Å². The van der Waals surface area contributed by atoms with Gasteiger partial charge in [-0.05, 0) is 41.8 Å². The Morgan fingerprint density at radius 2 is 1.40 bits per heavy atom. The van der Waals surface area contributed by atoms with Crippen LogP contribution in [-0.4, -0.2) is 23.4 Å². The Kier molecular flexibility index (Phi) is 5.29. The third kappa shape index (κ3) is 3.25. The van der Waals surface area contributed by atoms with Crippen LogP contribution in [0.5, 0.6) is 0 Å². The van der Waals surface area contributed by atoms with Crippen molar-refractivity contribution in [1.82, 2.24) is 10.2 Å². The first-order valence-corrected chi connectivity index (χ1v) is 9.74. The molecule has 25 heavy (non-hydrogen) atoms. The summed E-state index contributed by atoms with van der Waals surface area (Å²) in [7, 11) is 0. The van der Waals surface area contributed by atoms with Gasteiger partial charge in [0.15, 0.2) is 5.54 Å². The molecule has 0 aliphatic carbocycles. The van der Waals surface area contributed by atoms with E-state index in [4.69, 9.17) is 0 Å². The number of benzene rings is 2. The first-order valence-electron chi connectivity index (χ1n) is 8.15. The fraction of sp³-hybridized carbons (Fsp3) is 0.263. The van der Waals surface area contributed by atoms with Crippen LogP contribution in [0.2, 0.25) is 0 Å². The number of unbranched alkanes of at least 4 members (excludes halogenated alkanes) is 1. The molecule has 0 unspecified atom stereocenters. The highest BCUT2D eigenvalue weighted by molar-refractivity contribution is 9.10. The van der Waals surface area contributed by atoms with E-state index in [0.29, 0.717) is 6.54 Å². The third-order valence-corrected chi connectivity index (χ3v) is 5.45. The van der Waals surface area contributed by atoms with E-state index in [0.717, 1.165) is 32.9 Å². The molecule has 1 heterocycles. The number of carbonyl (C=O) groups is 2. The number of nitrogens with one attached hydrogen (secondary N) is 1. The summed E-state index contributed by atoms with van der Waals surface area (Å²) in [6.07, 6.45) is 1.70. The molecular weight excluding hydrogens is 448 g/mol. The second-order valence-electron chi connectivity index (χ2n) is 6.00. The van der Waals surface area contributed by atoms with E-state index in [9.17, 15) is 9.59 Å². The molecule has 3 rings (SSSR count). The van der Waals surface area contributed by atoms with Gasteiger partial charge in [0.05, 0.1) is 0 Å². The van der Waals surface area contributed by atoms with Gasteiger partial charge in [-0.3, -0.25) is 9.69 Å². The van der Waals surface area contributed by atoms with Crippen molar-refractivity contribution in [2.75, 3.05) is 6.54 Å². The third-order valence-electron chi connectivity index (χ3n) is 4.40. The van der Waals surface area contributed by atoms with Crippen LogP contribution in [0.4, 0.5) is 4.79 Å². The lowest BCUT2D eigenvalue weighted by atomic mass is 9.82. The van der Waals surface area contributed by atoms with Crippen LogP contribution in [0.1, 0.15) is 30.9 Å². The molecule has 4 nitrogen and oxygen atoms in total. The molecule has 1 N–H and O–H groups in total. The quantitative estimate of drug-likeness (QED) is 0.644. The van der Waals surface area contributed by atoms with Crippen LogP contribution in [0.15, 0.2) is 57.5 Å². The number of hydrogen-bond donors (Lipinski definition) is 1. The average molecular weight is 466 g/mol. The minimum Gasteiger partial charge on any atom is -0.315 e. The first-order chi connectivity index (χ1) is 12.0. The summed E-state index contributed by atoms with van der Waals surface area (Å²) in [6, 6.07) is 14.6. The fourth-order valence-electron chi connectivity index (χ4n) is 3.05. The van der Waals surface area contributed by atoms with Gasteiger partial charge in [-0.1, -0.05) is 69.5 Å². The Morgan fingerprint density at radius 1 is 0.920 bits per heavy atom. The van der Waals surface area contributed by atoms with E-state index in [-0.39, 0.29) is 11.9 Å². The van der Waals surface area contributed by atoms with Crippen LogP contribution >= 0.6 is 31.9 Å². The lowest BCUT2D eigenvalue weighted by Crippen LogP contribution is -2.45. The number of urea groups is 1. The second kappa shape index (κ2) is 7.30. The molecule has 1 aliphatic rings. The number of rotatable bonds is 5. The Bertz CT molecular complexity index is 743. The van der Waals surface area contributed by atoms with E-state index >= 15 is 0 Å². The number of imide groups is 1. The van der Waals surface area contributed by atoms with Gasteiger partial charge in [-0.15, -0.1) is 0 Å². The largest absolute Gasteiger partial charge is 0.325 e. The normalized spacial score (nSPS) is 16.2. The van der Waals surface area contributed by atoms with E-state index in [2.05, 4.69) is 37.2 Å². The molecular formula is C19H18Br2N2O2. The predicted molar refractivity (Wildman–Crippen MR) is 104 cm³/mol. The molecule has 0 saturated carbocycles. The zero-order valence-corrected chi connectivity index (χ0v) is 16.9. The highest BCUT2D eigenvalue weighted by Gasteiger charge is 2.53. The van der Waals surface area contributed by atoms with E-state index in [1.54, 1.807) is 0 Å². The zero-order valence-electron chi connectivity index (χ0n) is 13.8. The molecule has 2 aromatic carbocycles. The van der Waals surface area contributed by atoms with Gasteiger partial charge < -0.3 is 5.32 Å². The average Bonchev–Trinajstić information content (AvgIpc) is 2.86. The van der Waals surface area contributed by atoms with Crippen LogP contribution in [0.25, 0.3) is 0 Å². The fourth-order valence-corrected chi connectivity index (χ4v) is 3.58. The van der Waals surface area contributed by atoms with Crippen molar-refractivity contribution in [2.45, 2.75) is 25.3 Å². The molecule has 1 saturated heterocycles. The van der Waals surface area contributed by atoms with Gasteiger partial charge in [0, 0.05) is 15.5 Å². The van der Waals surface area contributed by atoms with E-state index < -0.39 is 5.54 Å². The Balaban J connectivity index is 2.13. The van der Waals surface area contributed by atoms with E-state index in [1.807, 2.05) is 55.5 Å². The maximum atomic E-state index is 13.3. The van der Waals surface area contributed by atoms with Crippen LogP contribution in [-0.2, 0) is 10.3 Å². The predicted octanol–water partition coefficient (Wildman–Crippen LogP) is 4.81. The monoisotopic (exact) mass is 464 g/mol. The molecule has 0 radical (unpaired) electrons. The van der Waals surface area contributed by atoms with Crippen molar-refractivity contribution in [3.63, 3.8) is 0 Å². The summed E-state index contributed by atoms with van der Waals surface area (Å²) in [5.74, 6) is -0.226. The van der Waals surface area contributed by atoms with Crippen molar-refractivity contribution >= 4 is 43.8 Å². The highest BCUT2D eigenvalue weighted by atomic mass is 79.9. The van der Waals surface area contributed by atoms with Gasteiger partial charge in [0.1, 0.15) is 0 Å². The van der Waals surface area contributed by atoms with Crippen molar-refractivity contribution in [3.8, 4) is 0 Å². The van der Waals surface area contributed by atoms with Crippen molar-refractivity contribution in [1.29, 1.82) is 0 Å². The topological polar surface area (TPSA) is 49.4 Å². The summed E-state index contributed by atoms with van der Waals surface area (Å²) in [4.78, 5) is 27.2. The van der Waals surface area contributed by atoms with E-state index in [1.165, 1.54) is 4.90 Å². The number of hydrogen-bond acceptors (Lipinski definition) is 2.